The van der Waals surface area contributed by atoms with Gasteiger partial charge in [-0.05, 0) is 131 Å². The molecule has 3 nitrogen and oxygen atoms in total. The summed E-state index contributed by atoms with van der Waals surface area (Å²) in [6.07, 6.45) is 4.94. The van der Waals surface area contributed by atoms with Crippen molar-refractivity contribution in [2.75, 3.05) is 14.7 Å². The molecule has 0 spiro atoms. The highest BCUT2D eigenvalue weighted by Crippen LogP contribution is 2.65. The van der Waals surface area contributed by atoms with Crippen LogP contribution in [-0.2, 0) is 10.8 Å². The van der Waals surface area contributed by atoms with Crippen LogP contribution in [0.3, 0.4) is 0 Å². The van der Waals surface area contributed by atoms with Crippen LogP contribution in [0, 0.1) is 12.3 Å². The third-order valence-corrected chi connectivity index (χ3v) is 14.8. The Kier molecular flexibility index (Phi) is 7.64. The maximum absolute atomic E-state index is 2.77. The zero-order valence-electron chi connectivity index (χ0n) is 34.4. The second-order valence-electron chi connectivity index (χ2n) is 19.0. The predicted octanol–water partition coefficient (Wildman–Crippen LogP) is 12.1. The number of benzene rings is 6. The van der Waals surface area contributed by atoms with E-state index in [1.807, 2.05) is 0 Å². The molecule has 0 radical (unpaired) electrons. The highest BCUT2D eigenvalue weighted by molar-refractivity contribution is 7.00. The third-order valence-electron chi connectivity index (χ3n) is 14.8. The average molecular weight is 732 g/mol. The fourth-order valence-corrected chi connectivity index (χ4v) is 11.5. The van der Waals surface area contributed by atoms with Gasteiger partial charge < -0.3 is 14.7 Å². The van der Waals surface area contributed by atoms with E-state index >= 15 is 0 Å². The predicted molar refractivity (Wildman–Crippen MR) is 240 cm³/mol. The quantitative estimate of drug-likeness (QED) is 0.168. The molecule has 280 valence electrons. The molecule has 0 bridgehead atoms. The first-order valence-electron chi connectivity index (χ1n) is 20.9. The molecule has 2 unspecified atom stereocenters. The minimum Gasteiger partial charge on any atom is -0.335 e. The summed E-state index contributed by atoms with van der Waals surface area (Å²) in [5.74, 6) is 0. The Labute approximate surface area is 335 Å². The lowest BCUT2D eigenvalue weighted by Crippen LogP contribution is -2.67. The van der Waals surface area contributed by atoms with Crippen molar-refractivity contribution in [2.24, 2.45) is 5.41 Å². The van der Waals surface area contributed by atoms with Gasteiger partial charge in [0.25, 0.3) is 6.71 Å². The minimum absolute atomic E-state index is 0.0353. The van der Waals surface area contributed by atoms with Crippen LogP contribution in [0.1, 0.15) is 90.8 Å². The first-order valence-corrected chi connectivity index (χ1v) is 20.9. The van der Waals surface area contributed by atoms with Crippen LogP contribution in [0.15, 0.2) is 133 Å². The normalized spacial score (nSPS) is 21.8. The molecule has 2 atom stereocenters. The zero-order chi connectivity index (χ0) is 38.8. The molecule has 1 saturated carbocycles. The minimum atomic E-state index is -0.0551. The van der Waals surface area contributed by atoms with E-state index < -0.39 is 0 Å². The van der Waals surface area contributed by atoms with Gasteiger partial charge in [0.05, 0.1) is 0 Å². The van der Waals surface area contributed by atoms with Crippen LogP contribution in [0.4, 0.5) is 45.5 Å². The van der Waals surface area contributed by atoms with Gasteiger partial charge in [0, 0.05) is 56.5 Å². The Bertz CT molecular complexity index is 2510. The van der Waals surface area contributed by atoms with Gasteiger partial charge in [-0.15, -0.1) is 0 Å². The van der Waals surface area contributed by atoms with E-state index in [1.54, 1.807) is 0 Å². The molecule has 0 amide bonds. The van der Waals surface area contributed by atoms with Gasteiger partial charge in [0.2, 0.25) is 0 Å². The smallest absolute Gasteiger partial charge is 0.252 e. The molecule has 3 aliphatic heterocycles. The van der Waals surface area contributed by atoms with Crippen molar-refractivity contribution in [2.45, 2.75) is 97.4 Å². The molecule has 1 aliphatic carbocycles. The Morgan fingerprint density at radius 2 is 1.11 bits per heavy atom. The van der Waals surface area contributed by atoms with Crippen molar-refractivity contribution in [3.63, 3.8) is 0 Å². The number of aryl methyl sites for hydroxylation is 1. The second kappa shape index (κ2) is 12.1. The summed E-state index contributed by atoms with van der Waals surface area (Å²) in [5.41, 5.74) is 18.3. The highest BCUT2D eigenvalue weighted by Gasteiger charge is 2.62. The van der Waals surface area contributed by atoms with Crippen LogP contribution in [0.25, 0.3) is 0 Å². The number of para-hydroxylation sites is 3. The zero-order valence-corrected chi connectivity index (χ0v) is 34.4. The molecule has 0 saturated heterocycles. The fraction of sp³-hybridized carbons (Fsp3) is 0.308. The van der Waals surface area contributed by atoms with Gasteiger partial charge in [-0.25, -0.2) is 0 Å². The lowest BCUT2D eigenvalue weighted by Gasteiger charge is -2.66. The topological polar surface area (TPSA) is 9.72 Å². The van der Waals surface area contributed by atoms with Gasteiger partial charge >= 0.3 is 0 Å². The van der Waals surface area contributed by atoms with Gasteiger partial charge in [-0.1, -0.05) is 127 Å². The van der Waals surface area contributed by atoms with E-state index in [-0.39, 0.29) is 28.5 Å². The molecule has 3 heterocycles. The third kappa shape index (κ3) is 4.77. The summed E-state index contributed by atoms with van der Waals surface area (Å²) in [7, 11) is 0. The lowest BCUT2D eigenvalue weighted by molar-refractivity contribution is 0.0106. The molecule has 6 aromatic rings. The number of hydrogen-bond donors (Lipinski definition) is 0. The summed E-state index contributed by atoms with van der Waals surface area (Å²) in [5, 5.41) is 0. The Balaban J connectivity index is 1.26. The highest BCUT2D eigenvalue weighted by atomic mass is 15.2. The van der Waals surface area contributed by atoms with E-state index in [1.165, 1.54) is 104 Å². The monoisotopic (exact) mass is 731 g/mol. The van der Waals surface area contributed by atoms with Crippen LogP contribution >= 0.6 is 0 Å². The SMILES string of the molecule is Cc1cc2c3c(c1)N(c1ccc(C(C)(C)C)cc1)c1cc(N4c5ccccc5C(C)(C)C5(C)CCCCC45C)ccc1B3c1ccccc1N2c1ccccc1. The molecule has 4 heteroatoms. The van der Waals surface area contributed by atoms with Crippen LogP contribution in [-0.4, -0.2) is 12.3 Å². The Hall–Kier alpha value is -5.22. The first-order chi connectivity index (χ1) is 26.8. The van der Waals surface area contributed by atoms with Crippen LogP contribution in [0.5, 0.6) is 0 Å². The number of rotatable bonds is 3. The molecular weight excluding hydrogens is 677 g/mol. The van der Waals surface area contributed by atoms with E-state index in [4.69, 9.17) is 0 Å². The Morgan fingerprint density at radius 1 is 0.536 bits per heavy atom. The van der Waals surface area contributed by atoms with Crippen LogP contribution in [0.2, 0.25) is 0 Å². The number of nitrogens with zero attached hydrogens (tertiary/aromatic N) is 3. The summed E-state index contributed by atoms with van der Waals surface area (Å²) in [6, 6.07) is 51.1. The number of fused-ring (bicyclic) bond motifs is 6. The van der Waals surface area contributed by atoms with Crippen molar-refractivity contribution >= 4 is 68.6 Å². The standard InChI is InChI=1S/C52H54BN3/c1-35-32-46-48-47(33-35)55(38-26-24-36(25-27-38)49(2,3)4)45-34-39(56-43-22-14-12-20-40(43)50(5,6)51(7)30-16-17-31-52(51,56)8)28-29-42(45)53(48)41-21-13-15-23-44(41)54(46)37-18-10-9-11-19-37/h9-15,18-29,32-34H,16-17,30-31H2,1-8H3. The summed E-state index contributed by atoms with van der Waals surface area (Å²) in [4.78, 5) is 7.86. The van der Waals surface area contributed by atoms with Gasteiger partial charge in [-0.2, -0.15) is 0 Å². The van der Waals surface area contributed by atoms with E-state index in [0.29, 0.717) is 0 Å². The molecule has 1 fully saturated rings. The maximum atomic E-state index is 2.77. The molecule has 0 aromatic heterocycles. The molecule has 56 heavy (non-hydrogen) atoms. The molecule has 10 rings (SSSR count). The van der Waals surface area contributed by atoms with E-state index in [9.17, 15) is 0 Å². The van der Waals surface area contributed by atoms with Crippen molar-refractivity contribution < 1.29 is 0 Å². The summed E-state index contributed by atoms with van der Waals surface area (Å²) >= 11 is 0. The van der Waals surface area contributed by atoms with Crippen molar-refractivity contribution in [1.29, 1.82) is 0 Å². The average Bonchev–Trinajstić information content (AvgIpc) is 3.18. The lowest BCUT2D eigenvalue weighted by atomic mass is 9.33. The maximum Gasteiger partial charge on any atom is 0.252 e. The molecular formula is C52H54BN3. The Morgan fingerprint density at radius 3 is 1.82 bits per heavy atom. The summed E-state index contributed by atoms with van der Waals surface area (Å²) < 4.78 is 0. The summed E-state index contributed by atoms with van der Waals surface area (Å²) in [6.45, 7) is 19.5. The molecule has 6 aromatic carbocycles. The van der Waals surface area contributed by atoms with Crippen molar-refractivity contribution in [1.82, 2.24) is 0 Å². The fourth-order valence-electron chi connectivity index (χ4n) is 11.5. The van der Waals surface area contributed by atoms with E-state index in [2.05, 4.69) is 204 Å². The van der Waals surface area contributed by atoms with Crippen molar-refractivity contribution in [3.05, 3.63) is 150 Å². The van der Waals surface area contributed by atoms with E-state index in [0.717, 1.165) is 0 Å². The number of anilines is 8. The number of hydrogen-bond acceptors (Lipinski definition) is 3. The van der Waals surface area contributed by atoms with Crippen LogP contribution < -0.4 is 31.1 Å². The van der Waals surface area contributed by atoms with Gasteiger partial charge in [0.1, 0.15) is 0 Å². The van der Waals surface area contributed by atoms with Gasteiger partial charge in [-0.3, -0.25) is 0 Å². The van der Waals surface area contributed by atoms with Crippen molar-refractivity contribution in [3.8, 4) is 0 Å². The molecule has 0 N–H and O–H groups in total. The second-order valence-corrected chi connectivity index (χ2v) is 19.0. The van der Waals surface area contributed by atoms with Gasteiger partial charge in [0.15, 0.2) is 0 Å². The molecule has 4 aliphatic rings. The largest absolute Gasteiger partial charge is 0.335 e. The first kappa shape index (κ1) is 35.2.